The van der Waals surface area contributed by atoms with Gasteiger partial charge in [0.15, 0.2) is 5.75 Å². The summed E-state index contributed by atoms with van der Waals surface area (Å²) >= 11 is 3.50. The number of nitro groups is 1. The van der Waals surface area contributed by atoms with Crippen LogP contribution in [0.2, 0.25) is 0 Å². The summed E-state index contributed by atoms with van der Waals surface area (Å²) in [6.07, 6.45) is 1.42. The molecule has 3 aromatic carbocycles. The quantitative estimate of drug-likeness (QED) is 0.365. The van der Waals surface area contributed by atoms with Crippen LogP contribution in [0.15, 0.2) is 64.2 Å². The van der Waals surface area contributed by atoms with E-state index >= 15 is 0 Å². The highest BCUT2D eigenvalue weighted by atomic mass is 79.9. The molecule has 3 rings (SSSR count). The number of phenols is 1. The van der Waals surface area contributed by atoms with Gasteiger partial charge in [-0.3, -0.25) is 14.9 Å². The first-order valence-electron chi connectivity index (χ1n) is 7.91. The lowest BCUT2D eigenvalue weighted by Crippen LogP contribution is -2.19. The van der Waals surface area contributed by atoms with Crippen molar-refractivity contribution in [3.8, 4) is 5.75 Å². The summed E-state index contributed by atoms with van der Waals surface area (Å²) in [5.74, 6) is -0.740. The molecule has 1 amide bonds. The van der Waals surface area contributed by atoms with Gasteiger partial charge < -0.3 is 5.11 Å². The molecule has 0 aromatic heterocycles. The number of hydrazone groups is 1. The van der Waals surface area contributed by atoms with Crippen molar-refractivity contribution < 1.29 is 14.8 Å². The van der Waals surface area contributed by atoms with Crippen molar-refractivity contribution in [2.75, 3.05) is 0 Å². The van der Waals surface area contributed by atoms with Gasteiger partial charge in [0.2, 0.25) is 5.91 Å². The van der Waals surface area contributed by atoms with Crippen LogP contribution in [0.1, 0.15) is 11.1 Å². The molecule has 0 saturated heterocycles. The fourth-order valence-electron chi connectivity index (χ4n) is 2.64. The zero-order valence-electron chi connectivity index (χ0n) is 13.9. The SMILES string of the molecule is O=C(Cc1ccc(Br)c2ccccc12)NN=Cc1ccc(O)c([N+](=O)[O-])c1. The first kappa shape index (κ1) is 18.5. The standard InChI is InChI=1S/C19H14BrN3O4/c20-16-7-6-13(14-3-1-2-4-15(14)16)10-19(25)22-21-11-12-5-8-18(24)17(9-12)23(26)27/h1-9,11,24H,10H2,(H,22,25). The molecular weight excluding hydrogens is 414 g/mol. The minimum atomic E-state index is -0.691. The molecule has 0 saturated carbocycles. The first-order chi connectivity index (χ1) is 13.0. The lowest BCUT2D eigenvalue weighted by atomic mass is 10.0. The van der Waals surface area contributed by atoms with Crippen molar-refractivity contribution in [3.63, 3.8) is 0 Å². The van der Waals surface area contributed by atoms with Crippen molar-refractivity contribution in [3.05, 3.63) is 80.3 Å². The third-order valence-electron chi connectivity index (χ3n) is 3.91. The highest BCUT2D eigenvalue weighted by Crippen LogP contribution is 2.27. The third-order valence-corrected chi connectivity index (χ3v) is 4.60. The zero-order chi connectivity index (χ0) is 19.4. The van der Waals surface area contributed by atoms with E-state index in [0.29, 0.717) is 5.56 Å². The van der Waals surface area contributed by atoms with Gasteiger partial charge in [0, 0.05) is 16.1 Å². The van der Waals surface area contributed by atoms with Crippen LogP contribution in [0.5, 0.6) is 5.75 Å². The van der Waals surface area contributed by atoms with Gasteiger partial charge >= 0.3 is 5.69 Å². The number of hydrogen-bond acceptors (Lipinski definition) is 5. The molecule has 0 unspecified atom stereocenters. The van der Waals surface area contributed by atoms with Crippen LogP contribution in [-0.4, -0.2) is 22.2 Å². The van der Waals surface area contributed by atoms with E-state index in [9.17, 15) is 20.0 Å². The maximum atomic E-state index is 12.2. The topological polar surface area (TPSA) is 105 Å². The van der Waals surface area contributed by atoms with Crippen molar-refractivity contribution >= 4 is 44.5 Å². The molecule has 27 heavy (non-hydrogen) atoms. The Morgan fingerprint density at radius 2 is 1.93 bits per heavy atom. The fourth-order valence-corrected chi connectivity index (χ4v) is 3.12. The number of phenolic OH excluding ortho intramolecular Hbond substituents is 1. The summed E-state index contributed by atoms with van der Waals surface area (Å²) in [7, 11) is 0. The number of aromatic hydroxyl groups is 1. The van der Waals surface area contributed by atoms with Crippen molar-refractivity contribution in [2.24, 2.45) is 5.10 Å². The number of amides is 1. The van der Waals surface area contributed by atoms with E-state index in [-0.39, 0.29) is 12.3 Å². The minimum absolute atomic E-state index is 0.140. The molecule has 0 spiro atoms. The maximum Gasteiger partial charge on any atom is 0.311 e. The number of halogens is 1. The predicted octanol–water partition coefficient (Wildman–Crippen LogP) is 3.91. The summed E-state index contributed by atoms with van der Waals surface area (Å²) in [4.78, 5) is 22.3. The molecular formula is C19H14BrN3O4. The Hall–Kier alpha value is -3.26. The van der Waals surface area contributed by atoms with E-state index in [0.717, 1.165) is 20.8 Å². The molecule has 3 aromatic rings. The molecule has 0 aliphatic heterocycles. The van der Waals surface area contributed by atoms with Crippen molar-refractivity contribution in [1.29, 1.82) is 0 Å². The van der Waals surface area contributed by atoms with Crippen LogP contribution in [0.3, 0.4) is 0 Å². The summed E-state index contributed by atoms with van der Waals surface area (Å²) in [5, 5.41) is 26.1. The number of carbonyl (C=O) groups excluding carboxylic acids is 1. The smallest absolute Gasteiger partial charge is 0.311 e. The van der Waals surface area contributed by atoms with Crippen LogP contribution >= 0.6 is 15.9 Å². The molecule has 0 fully saturated rings. The Kier molecular flexibility index (Phi) is 5.46. The summed E-state index contributed by atoms with van der Waals surface area (Å²) < 4.78 is 0.953. The monoisotopic (exact) mass is 427 g/mol. The molecule has 0 aliphatic carbocycles. The molecule has 2 N–H and O–H groups in total. The van der Waals surface area contributed by atoms with Gasteiger partial charge in [0.1, 0.15) is 0 Å². The number of rotatable bonds is 5. The van der Waals surface area contributed by atoms with Gasteiger partial charge in [-0.25, -0.2) is 5.43 Å². The van der Waals surface area contributed by atoms with Gasteiger partial charge in [-0.15, -0.1) is 0 Å². The molecule has 8 heteroatoms. The van der Waals surface area contributed by atoms with E-state index in [1.165, 1.54) is 24.4 Å². The molecule has 136 valence electrons. The van der Waals surface area contributed by atoms with Crippen LogP contribution in [0.4, 0.5) is 5.69 Å². The van der Waals surface area contributed by atoms with E-state index in [2.05, 4.69) is 26.5 Å². The second kappa shape index (κ2) is 7.96. The molecule has 0 atom stereocenters. The number of nitrogens with one attached hydrogen (secondary N) is 1. The average molecular weight is 428 g/mol. The maximum absolute atomic E-state index is 12.2. The molecule has 0 bridgehead atoms. The van der Waals surface area contributed by atoms with Gasteiger partial charge in [0.25, 0.3) is 0 Å². The third kappa shape index (κ3) is 4.29. The number of nitro benzene ring substituents is 1. The predicted molar refractivity (Wildman–Crippen MR) is 106 cm³/mol. The first-order valence-corrected chi connectivity index (χ1v) is 8.70. The van der Waals surface area contributed by atoms with E-state index in [1.54, 1.807) is 0 Å². The number of benzene rings is 3. The Labute approximate surface area is 162 Å². The summed E-state index contributed by atoms with van der Waals surface area (Å²) in [6, 6.07) is 15.4. The largest absolute Gasteiger partial charge is 0.502 e. The average Bonchev–Trinajstić information content (AvgIpc) is 2.65. The van der Waals surface area contributed by atoms with E-state index < -0.39 is 16.4 Å². The van der Waals surface area contributed by atoms with Crippen molar-refractivity contribution in [2.45, 2.75) is 6.42 Å². The molecule has 0 aliphatic rings. The zero-order valence-corrected chi connectivity index (χ0v) is 15.5. The Balaban J connectivity index is 1.71. The molecule has 0 radical (unpaired) electrons. The minimum Gasteiger partial charge on any atom is -0.502 e. The van der Waals surface area contributed by atoms with E-state index in [1.807, 2.05) is 36.4 Å². The number of hydrogen-bond donors (Lipinski definition) is 2. The normalized spacial score (nSPS) is 11.0. The highest BCUT2D eigenvalue weighted by Gasteiger charge is 2.13. The Bertz CT molecular complexity index is 1070. The lowest BCUT2D eigenvalue weighted by molar-refractivity contribution is -0.385. The number of nitrogens with zero attached hydrogens (tertiary/aromatic N) is 2. The van der Waals surface area contributed by atoms with Gasteiger partial charge in [-0.2, -0.15) is 5.10 Å². The van der Waals surface area contributed by atoms with E-state index in [4.69, 9.17) is 0 Å². The van der Waals surface area contributed by atoms with Crippen LogP contribution in [0.25, 0.3) is 10.8 Å². The second-order valence-electron chi connectivity index (χ2n) is 5.73. The molecule has 0 heterocycles. The fraction of sp³-hybridized carbons (Fsp3) is 0.0526. The Morgan fingerprint density at radius 3 is 2.67 bits per heavy atom. The van der Waals surface area contributed by atoms with Crippen LogP contribution in [0, 0.1) is 10.1 Å². The van der Waals surface area contributed by atoms with Gasteiger partial charge in [-0.1, -0.05) is 46.3 Å². The molecule has 7 nitrogen and oxygen atoms in total. The number of fused-ring (bicyclic) bond motifs is 1. The van der Waals surface area contributed by atoms with Crippen LogP contribution < -0.4 is 5.43 Å². The van der Waals surface area contributed by atoms with Crippen LogP contribution in [-0.2, 0) is 11.2 Å². The second-order valence-corrected chi connectivity index (χ2v) is 6.58. The highest BCUT2D eigenvalue weighted by molar-refractivity contribution is 9.10. The van der Waals surface area contributed by atoms with Gasteiger partial charge in [0.05, 0.1) is 17.6 Å². The summed E-state index contributed by atoms with van der Waals surface area (Å²) in [5.41, 5.74) is 3.23. The van der Waals surface area contributed by atoms with Crippen molar-refractivity contribution in [1.82, 2.24) is 5.43 Å². The lowest BCUT2D eigenvalue weighted by Gasteiger charge is -2.07. The van der Waals surface area contributed by atoms with Gasteiger partial charge in [-0.05, 0) is 34.5 Å². The summed E-state index contributed by atoms with van der Waals surface area (Å²) in [6.45, 7) is 0. The Morgan fingerprint density at radius 1 is 1.19 bits per heavy atom. The number of carbonyl (C=O) groups is 1.